The third-order valence-corrected chi connectivity index (χ3v) is 3.54. The highest BCUT2D eigenvalue weighted by Gasteiger charge is 2.34. The number of ether oxygens (including phenoxy) is 1. The molecule has 1 aliphatic heterocycles. The van der Waals surface area contributed by atoms with Crippen LogP contribution in [0.5, 0.6) is 5.75 Å². The van der Waals surface area contributed by atoms with E-state index in [4.69, 9.17) is 9.84 Å². The van der Waals surface area contributed by atoms with Gasteiger partial charge in [0.15, 0.2) is 0 Å². The van der Waals surface area contributed by atoms with Crippen molar-refractivity contribution in [1.29, 1.82) is 0 Å². The zero-order valence-electron chi connectivity index (χ0n) is 13.6. The quantitative estimate of drug-likeness (QED) is 0.715. The second kappa shape index (κ2) is 7.61. The van der Waals surface area contributed by atoms with Crippen LogP contribution < -0.4 is 10.1 Å². The summed E-state index contributed by atoms with van der Waals surface area (Å²) in [6, 6.07) is 7.63. The lowest BCUT2D eigenvalue weighted by atomic mass is 10.2. The number of nitrogens with one attached hydrogen (secondary N) is 1. The Bertz CT molecular complexity index is 485. The summed E-state index contributed by atoms with van der Waals surface area (Å²) in [7, 11) is 0. The number of nitrogens with zero attached hydrogens (tertiary/aromatic N) is 1. The van der Waals surface area contributed by atoms with Crippen molar-refractivity contribution in [3.63, 3.8) is 0 Å². The van der Waals surface area contributed by atoms with Crippen molar-refractivity contribution in [2.75, 3.05) is 26.2 Å². The van der Waals surface area contributed by atoms with E-state index in [1.165, 1.54) is 0 Å². The molecule has 0 saturated carbocycles. The molecular formula is C17H26N2O3. The van der Waals surface area contributed by atoms with E-state index in [0.29, 0.717) is 24.1 Å². The molecule has 122 valence electrons. The molecule has 1 amide bonds. The average Bonchev–Trinajstić information content (AvgIpc) is 3.20. The largest absolute Gasteiger partial charge is 0.492 e. The number of carbonyl (C=O) groups excluding carboxylic acids is 1. The molecule has 22 heavy (non-hydrogen) atoms. The van der Waals surface area contributed by atoms with Gasteiger partial charge in [-0.2, -0.15) is 0 Å². The van der Waals surface area contributed by atoms with Crippen LogP contribution in [0.1, 0.15) is 31.1 Å². The van der Waals surface area contributed by atoms with Gasteiger partial charge < -0.3 is 15.2 Å². The lowest BCUT2D eigenvalue weighted by Crippen LogP contribution is -2.30. The van der Waals surface area contributed by atoms with Crippen LogP contribution in [0.4, 0.5) is 0 Å². The number of aliphatic hydroxyl groups is 1. The van der Waals surface area contributed by atoms with Crippen molar-refractivity contribution in [1.82, 2.24) is 10.2 Å². The first kappa shape index (κ1) is 16.8. The molecule has 2 N–H and O–H groups in total. The van der Waals surface area contributed by atoms with Crippen LogP contribution in [-0.4, -0.2) is 54.3 Å². The lowest BCUT2D eigenvalue weighted by molar-refractivity contribution is 0.0924. The maximum atomic E-state index is 11.8. The Hall–Kier alpha value is -1.59. The van der Waals surface area contributed by atoms with E-state index >= 15 is 0 Å². The first-order chi connectivity index (χ1) is 10.5. The molecule has 0 aromatic heterocycles. The smallest absolute Gasteiger partial charge is 0.251 e. The fraction of sp³-hybridized carbons (Fsp3) is 0.588. The third kappa shape index (κ3) is 5.31. The summed E-state index contributed by atoms with van der Waals surface area (Å²) < 4.78 is 5.76. The van der Waals surface area contributed by atoms with E-state index in [1.54, 1.807) is 19.1 Å². The van der Waals surface area contributed by atoms with Gasteiger partial charge in [0.05, 0.1) is 12.1 Å². The Labute approximate surface area is 132 Å². The Kier molecular flexibility index (Phi) is 5.80. The van der Waals surface area contributed by atoms with Crippen molar-refractivity contribution in [2.24, 2.45) is 5.92 Å². The fourth-order valence-electron chi connectivity index (χ4n) is 2.31. The minimum atomic E-state index is -0.543. The molecule has 1 heterocycles. The standard InChI is InChI=1S/C17H26N2O3/c1-12(2)9-19-10-15(19)11-22-16-6-4-14(5-7-16)17(21)18-8-13(3)20/h4-7,12-13,15,20H,8-11H2,1-3H3,(H,18,21)/t13-,15?,19?/m0/s1. The van der Waals surface area contributed by atoms with Crippen LogP contribution in [0.15, 0.2) is 24.3 Å². The maximum absolute atomic E-state index is 11.8. The molecule has 1 fully saturated rings. The van der Waals surface area contributed by atoms with Gasteiger partial charge in [-0.3, -0.25) is 9.69 Å². The molecule has 1 aliphatic rings. The number of carbonyl (C=O) groups is 1. The number of amides is 1. The molecule has 1 saturated heterocycles. The Morgan fingerprint density at radius 2 is 2.05 bits per heavy atom. The van der Waals surface area contributed by atoms with Gasteiger partial charge in [-0.25, -0.2) is 0 Å². The zero-order valence-corrected chi connectivity index (χ0v) is 13.6. The van der Waals surface area contributed by atoms with E-state index in [1.807, 2.05) is 12.1 Å². The van der Waals surface area contributed by atoms with E-state index in [9.17, 15) is 4.79 Å². The van der Waals surface area contributed by atoms with Gasteiger partial charge in [0.1, 0.15) is 12.4 Å². The van der Waals surface area contributed by atoms with Crippen LogP contribution in [0, 0.1) is 5.92 Å². The molecule has 0 radical (unpaired) electrons. The minimum Gasteiger partial charge on any atom is -0.492 e. The predicted octanol–water partition coefficient (Wildman–Crippen LogP) is 1.52. The molecule has 2 unspecified atom stereocenters. The molecule has 1 aromatic rings. The van der Waals surface area contributed by atoms with Crippen molar-refractivity contribution < 1.29 is 14.6 Å². The summed E-state index contributed by atoms with van der Waals surface area (Å²) >= 11 is 0. The van der Waals surface area contributed by atoms with Crippen molar-refractivity contribution in [2.45, 2.75) is 32.9 Å². The number of rotatable bonds is 8. The van der Waals surface area contributed by atoms with E-state index < -0.39 is 6.10 Å². The van der Waals surface area contributed by atoms with Gasteiger partial charge in [-0.05, 0) is 37.1 Å². The maximum Gasteiger partial charge on any atom is 0.251 e. The van der Waals surface area contributed by atoms with Crippen LogP contribution in [0.25, 0.3) is 0 Å². The summed E-state index contributed by atoms with van der Waals surface area (Å²) in [4.78, 5) is 14.2. The molecule has 2 rings (SSSR count). The zero-order chi connectivity index (χ0) is 16.1. The van der Waals surface area contributed by atoms with E-state index in [0.717, 1.165) is 18.8 Å². The van der Waals surface area contributed by atoms with Gasteiger partial charge in [0.25, 0.3) is 5.91 Å². The summed E-state index contributed by atoms with van der Waals surface area (Å²) in [5.74, 6) is 1.28. The van der Waals surface area contributed by atoms with Crippen molar-refractivity contribution in [3.05, 3.63) is 29.8 Å². The van der Waals surface area contributed by atoms with E-state index in [-0.39, 0.29) is 12.5 Å². The van der Waals surface area contributed by atoms with Gasteiger partial charge >= 0.3 is 0 Å². The normalized spacial score (nSPS) is 21.5. The molecule has 0 aliphatic carbocycles. The van der Waals surface area contributed by atoms with Crippen LogP contribution in [0.3, 0.4) is 0 Å². The summed E-state index contributed by atoms with van der Waals surface area (Å²) in [5.41, 5.74) is 0.570. The Morgan fingerprint density at radius 3 is 2.64 bits per heavy atom. The minimum absolute atomic E-state index is 0.183. The molecule has 3 atom stereocenters. The van der Waals surface area contributed by atoms with Gasteiger partial charge in [0.2, 0.25) is 0 Å². The lowest BCUT2D eigenvalue weighted by Gasteiger charge is -2.10. The van der Waals surface area contributed by atoms with Crippen LogP contribution in [0.2, 0.25) is 0 Å². The van der Waals surface area contributed by atoms with Crippen molar-refractivity contribution in [3.8, 4) is 5.75 Å². The van der Waals surface area contributed by atoms with Gasteiger partial charge in [-0.15, -0.1) is 0 Å². The van der Waals surface area contributed by atoms with E-state index in [2.05, 4.69) is 24.1 Å². The van der Waals surface area contributed by atoms with Gasteiger partial charge in [0, 0.05) is 25.2 Å². The highest BCUT2D eigenvalue weighted by molar-refractivity contribution is 5.94. The summed E-state index contributed by atoms with van der Waals surface area (Å²) in [6.07, 6.45) is -0.543. The van der Waals surface area contributed by atoms with Crippen LogP contribution in [-0.2, 0) is 0 Å². The molecule has 0 bridgehead atoms. The van der Waals surface area contributed by atoms with Gasteiger partial charge in [-0.1, -0.05) is 13.8 Å². The Balaban J connectivity index is 1.74. The first-order valence-electron chi connectivity index (χ1n) is 7.89. The highest BCUT2D eigenvalue weighted by Crippen LogP contribution is 2.21. The Morgan fingerprint density at radius 1 is 1.36 bits per heavy atom. The predicted molar refractivity (Wildman–Crippen MR) is 86.2 cm³/mol. The highest BCUT2D eigenvalue weighted by atomic mass is 16.5. The average molecular weight is 306 g/mol. The molecule has 0 spiro atoms. The fourth-order valence-corrected chi connectivity index (χ4v) is 2.31. The second-order valence-electron chi connectivity index (χ2n) is 6.40. The SMILES string of the molecule is CC(C)CN1CC1COc1ccc(C(=O)NC[C@H](C)O)cc1. The number of benzene rings is 1. The summed E-state index contributed by atoms with van der Waals surface area (Å²) in [5, 5.41) is 11.8. The molecular weight excluding hydrogens is 280 g/mol. The second-order valence-corrected chi connectivity index (χ2v) is 6.40. The number of hydrogen-bond donors (Lipinski definition) is 2. The molecule has 5 nitrogen and oxygen atoms in total. The molecule has 5 heteroatoms. The first-order valence-corrected chi connectivity index (χ1v) is 7.89. The number of aliphatic hydroxyl groups excluding tert-OH is 1. The third-order valence-electron chi connectivity index (χ3n) is 3.54. The van der Waals surface area contributed by atoms with Crippen molar-refractivity contribution >= 4 is 5.91 Å². The summed E-state index contributed by atoms with van der Waals surface area (Å²) in [6.45, 7) is 9.26. The topological polar surface area (TPSA) is 61.6 Å². The monoisotopic (exact) mass is 306 g/mol. The molecule has 1 aromatic carbocycles. The van der Waals surface area contributed by atoms with Crippen LogP contribution >= 0.6 is 0 Å². The number of hydrogen-bond acceptors (Lipinski definition) is 4.